The first-order valence-electron chi connectivity index (χ1n) is 4.85. The summed E-state index contributed by atoms with van der Waals surface area (Å²) >= 11 is 0. The maximum absolute atomic E-state index is 11.3. The van der Waals surface area contributed by atoms with Crippen molar-refractivity contribution in [3.05, 3.63) is 12.2 Å². The van der Waals surface area contributed by atoms with Crippen LogP contribution in [0.3, 0.4) is 0 Å². The van der Waals surface area contributed by atoms with Crippen LogP contribution in [0.15, 0.2) is 6.33 Å². The van der Waals surface area contributed by atoms with E-state index in [4.69, 9.17) is 10.2 Å². The van der Waals surface area contributed by atoms with Crippen LogP contribution in [0.4, 0.5) is 4.79 Å². The molecule has 94 valence electrons. The molecule has 5 N–H and O–H groups in total. The van der Waals surface area contributed by atoms with Crippen molar-refractivity contribution in [1.82, 2.24) is 25.8 Å². The summed E-state index contributed by atoms with van der Waals surface area (Å²) in [7, 11) is 0. The maximum atomic E-state index is 11.3. The fourth-order valence-corrected chi connectivity index (χ4v) is 1.08. The fourth-order valence-electron chi connectivity index (χ4n) is 1.08. The molecule has 1 aromatic heterocycles. The monoisotopic (exact) mass is 243 g/mol. The Kier molecular flexibility index (Phi) is 4.88. The fraction of sp³-hybridized carbons (Fsp3) is 0.500. The number of hydrogen-bond donors (Lipinski definition) is 5. The van der Waals surface area contributed by atoms with Gasteiger partial charge in [-0.15, -0.1) is 0 Å². The van der Waals surface area contributed by atoms with Crippen LogP contribution in [-0.4, -0.2) is 50.0 Å². The lowest BCUT2D eigenvalue weighted by Gasteiger charge is -2.13. The third-order valence-electron chi connectivity index (χ3n) is 1.90. The Morgan fingerprint density at radius 3 is 2.82 bits per heavy atom. The molecular weight excluding hydrogens is 230 g/mol. The van der Waals surface area contributed by atoms with Crippen molar-refractivity contribution in [1.29, 1.82) is 0 Å². The van der Waals surface area contributed by atoms with E-state index in [1.807, 2.05) is 0 Å². The zero-order valence-electron chi connectivity index (χ0n) is 8.88. The number of aliphatic hydroxyl groups is 1. The van der Waals surface area contributed by atoms with Gasteiger partial charge in [0.25, 0.3) is 0 Å². The van der Waals surface area contributed by atoms with E-state index >= 15 is 0 Å². The SMILES string of the molecule is O=C(NCc1ncn[nH]1)NC(CCO)C(=O)O. The number of amides is 2. The van der Waals surface area contributed by atoms with E-state index in [1.54, 1.807) is 0 Å². The van der Waals surface area contributed by atoms with Gasteiger partial charge < -0.3 is 20.8 Å². The number of aliphatic hydroxyl groups excluding tert-OH is 1. The van der Waals surface area contributed by atoms with E-state index in [2.05, 4.69) is 25.8 Å². The molecule has 2 amide bonds. The number of carbonyl (C=O) groups excluding carboxylic acids is 1. The van der Waals surface area contributed by atoms with Crippen LogP contribution in [0.25, 0.3) is 0 Å². The molecule has 0 bridgehead atoms. The van der Waals surface area contributed by atoms with Crippen molar-refractivity contribution < 1.29 is 19.8 Å². The Hall–Kier alpha value is -2.16. The summed E-state index contributed by atoms with van der Waals surface area (Å²) in [6.45, 7) is -0.212. The third kappa shape index (κ3) is 4.47. The number of nitrogens with zero attached hydrogens (tertiary/aromatic N) is 2. The Morgan fingerprint density at radius 2 is 2.29 bits per heavy atom. The summed E-state index contributed by atoms with van der Waals surface area (Å²) in [6.07, 6.45) is 1.24. The van der Waals surface area contributed by atoms with Gasteiger partial charge in [-0.1, -0.05) is 0 Å². The lowest BCUT2D eigenvalue weighted by molar-refractivity contribution is -0.139. The molecule has 17 heavy (non-hydrogen) atoms. The predicted molar refractivity (Wildman–Crippen MR) is 54.9 cm³/mol. The van der Waals surface area contributed by atoms with Gasteiger partial charge in [0, 0.05) is 13.0 Å². The van der Waals surface area contributed by atoms with Crippen LogP contribution in [-0.2, 0) is 11.3 Å². The summed E-state index contributed by atoms with van der Waals surface area (Å²) in [5, 5.41) is 28.1. The van der Waals surface area contributed by atoms with E-state index in [1.165, 1.54) is 6.33 Å². The van der Waals surface area contributed by atoms with Gasteiger partial charge >= 0.3 is 12.0 Å². The van der Waals surface area contributed by atoms with E-state index in [0.717, 1.165) is 0 Å². The van der Waals surface area contributed by atoms with Crippen LogP contribution >= 0.6 is 0 Å². The first-order valence-corrected chi connectivity index (χ1v) is 4.85. The van der Waals surface area contributed by atoms with E-state index in [-0.39, 0.29) is 19.6 Å². The number of nitrogens with one attached hydrogen (secondary N) is 3. The molecule has 0 aliphatic rings. The Balaban J connectivity index is 2.34. The highest BCUT2D eigenvalue weighted by molar-refractivity contribution is 5.82. The molecule has 0 spiro atoms. The number of rotatable bonds is 6. The molecule has 0 fully saturated rings. The third-order valence-corrected chi connectivity index (χ3v) is 1.90. The molecule has 1 heterocycles. The number of H-pyrrole nitrogens is 1. The second-order valence-corrected chi connectivity index (χ2v) is 3.16. The average molecular weight is 243 g/mol. The van der Waals surface area contributed by atoms with E-state index < -0.39 is 18.0 Å². The lowest BCUT2D eigenvalue weighted by atomic mass is 10.2. The van der Waals surface area contributed by atoms with Crippen molar-refractivity contribution in [2.24, 2.45) is 0 Å². The van der Waals surface area contributed by atoms with Crippen LogP contribution < -0.4 is 10.6 Å². The van der Waals surface area contributed by atoms with E-state index in [9.17, 15) is 9.59 Å². The van der Waals surface area contributed by atoms with E-state index in [0.29, 0.717) is 5.82 Å². The second kappa shape index (κ2) is 6.43. The molecule has 1 rings (SSSR count). The zero-order valence-corrected chi connectivity index (χ0v) is 8.88. The minimum atomic E-state index is -1.20. The minimum absolute atomic E-state index is 0.0505. The number of carboxylic acids is 1. The number of urea groups is 1. The normalized spacial score (nSPS) is 11.8. The quantitative estimate of drug-likeness (QED) is 0.409. The smallest absolute Gasteiger partial charge is 0.326 e. The molecule has 0 saturated heterocycles. The molecule has 0 aliphatic heterocycles. The van der Waals surface area contributed by atoms with Crippen LogP contribution in [0.1, 0.15) is 12.2 Å². The minimum Gasteiger partial charge on any atom is -0.480 e. The highest BCUT2D eigenvalue weighted by Gasteiger charge is 2.18. The number of aromatic nitrogens is 3. The van der Waals surface area contributed by atoms with Gasteiger partial charge in [-0.05, 0) is 0 Å². The number of carbonyl (C=O) groups is 2. The molecule has 0 aromatic carbocycles. The largest absolute Gasteiger partial charge is 0.480 e. The van der Waals surface area contributed by atoms with Gasteiger partial charge in [-0.3, -0.25) is 5.10 Å². The summed E-state index contributed by atoms with van der Waals surface area (Å²) in [5.74, 6) is -0.747. The van der Waals surface area contributed by atoms with Gasteiger partial charge in [0.2, 0.25) is 0 Å². The van der Waals surface area contributed by atoms with Crippen molar-refractivity contribution in [2.75, 3.05) is 6.61 Å². The molecule has 9 nitrogen and oxygen atoms in total. The Morgan fingerprint density at radius 1 is 1.53 bits per heavy atom. The zero-order chi connectivity index (χ0) is 12.7. The number of carboxylic acid groups (broad SMARTS) is 1. The molecule has 0 saturated carbocycles. The van der Waals surface area contributed by atoms with Crippen molar-refractivity contribution >= 4 is 12.0 Å². The van der Waals surface area contributed by atoms with Gasteiger partial charge in [-0.2, -0.15) is 5.10 Å². The maximum Gasteiger partial charge on any atom is 0.326 e. The first-order chi connectivity index (χ1) is 8.13. The molecule has 1 unspecified atom stereocenters. The molecule has 0 radical (unpaired) electrons. The molecule has 1 aromatic rings. The second-order valence-electron chi connectivity index (χ2n) is 3.16. The predicted octanol–water partition coefficient (Wildman–Crippen LogP) is -1.56. The van der Waals surface area contributed by atoms with Gasteiger partial charge in [0.15, 0.2) is 0 Å². The molecular formula is C8H13N5O4. The van der Waals surface area contributed by atoms with Gasteiger partial charge in [0.1, 0.15) is 18.2 Å². The highest BCUT2D eigenvalue weighted by atomic mass is 16.4. The van der Waals surface area contributed by atoms with Crippen LogP contribution in [0.5, 0.6) is 0 Å². The standard InChI is InChI=1S/C8H13N5O4/c14-2-1-5(7(15)16)12-8(17)9-3-6-10-4-11-13-6/h4-5,14H,1-3H2,(H,15,16)(H2,9,12,17)(H,10,11,13). The van der Waals surface area contributed by atoms with Crippen molar-refractivity contribution in [3.63, 3.8) is 0 Å². The van der Waals surface area contributed by atoms with Gasteiger partial charge in [-0.25, -0.2) is 14.6 Å². The summed E-state index contributed by atoms with van der Waals surface area (Å²) in [5.41, 5.74) is 0. The number of hydrogen-bond acceptors (Lipinski definition) is 5. The molecule has 0 aliphatic carbocycles. The Bertz CT molecular complexity index is 366. The number of aromatic amines is 1. The van der Waals surface area contributed by atoms with Crippen LogP contribution in [0.2, 0.25) is 0 Å². The highest BCUT2D eigenvalue weighted by Crippen LogP contribution is 1.91. The number of aliphatic carboxylic acids is 1. The summed E-state index contributed by atoms with van der Waals surface area (Å²) < 4.78 is 0. The average Bonchev–Trinajstić information content (AvgIpc) is 2.78. The summed E-state index contributed by atoms with van der Waals surface area (Å²) in [4.78, 5) is 25.7. The lowest BCUT2D eigenvalue weighted by Crippen LogP contribution is -2.46. The summed E-state index contributed by atoms with van der Waals surface area (Å²) in [6, 6.07) is -1.77. The van der Waals surface area contributed by atoms with Crippen molar-refractivity contribution in [3.8, 4) is 0 Å². The van der Waals surface area contributed by atoms with Gasteiger partial charge in [0.05, 0.1) is 6.54 Å². The Labute approximate surface area is 96.2 Å². The van der Waals surface area contributed by atoms with Crippen molar-refractivity contribution in [2.45, 2.75) is 19.0 Å². The topological polar surface area (TPSA) is 140 Å². The van der Waals surface area contributed by atoms with Crippen LogP contribution in [0, 0.1) is 0 Å². The molecule has 1 atom stereocenters. The first kappa shape index (κ1) is 12.9. The molecule has 9 heteroatoms.